The molecular formula is C22H18ClF3N6O2. The molecule has 12 heteroatoms. The summed E-state index contributed by atoms with van der Waals surface area (Å²) in [6.45, 7) is 1.68. The van der Waals surface area contributed by atoms with E-state index in [0.717, 1.165) is 18.2 Å². The Morgan fingerprint density at radius 2 is 1.88 bits per heavy atom. The Morgan fingerprint density at radius 1 is 1.15 bits per heavy atom. The van der Waals surface area contributed by atoms with Crippen LogP contribution in [0.4, 0.5) is 23.7 Å². The van der Waals surface area contributed by atoms with Gasteiger partial charge in [-0.3, -0.25) is 5.10 Å². The van der Waals surface area contributed by atoms with E-state index in [9.17, 15) is 18.0 Å². The zero-order valence-electron chi connectivity index (χ0n) is 17.9. The van der Waals surface area contributed by atoms with Crippen molar-refractivity contribution in [1.82, 2.24) is 25.1 Å². The molecule has 0 bridgehead atoms. The van der Waals surface area contributed by atoms with Crippen molar-refractivity contribution in [2.75, 3.05) is 12.4 Å². The predicted molar refractivity (Wildman–Crippen MR) is 119 cm³/mol. The minimum absolute atomic E-state index is 0.0153. The van der Waals surface area contributed by atoms with Crippen LogP contribution in [0.1, 0.15) is 24.4 Å². The molecule has 2 heterocycles. The van der Waals surface area contributed by atoms with E-state index in [-0.39, 0.29) is 22.9 Å². The number of aromatic amines is 1. The lowest BCUT2D eigenvalue weighted by Crippen LogP contribution is -2.33. The molecule has 2 N–H and O–H groups in total. The summed E-state index contributed by atoms with van der Waals surface area (Å²) in [4.78, 5) is 22.3. The lowest BCUT2D eigenvalue weighted by Gasteiger charge is -2.26. The minimum atomic E-state index is -1.07. The second-order valence-electron chi connectivity index (χ2n) is 7.40. The van der Waals surface area contributed by atoms with Gasteiger partial charge in [-0.25, -0.2) is 27.9 Å². The third kappa shape index (κ3) is 4.74. The highest BCUT2D eigenvalue weighted by Gasteiger charge is 2.23. The molecule has 2 aromatic heterocycles. The number of benzene rings is 2. The highest BCUT2D eigenvalue weighted by molar-refractivity contribution is 6.31. The SMILES string of the molecule is C[C@H](c1cnc(OCc2ncn[nH]2)c2cc(F)c(F)cc12)N(C)C(=O)Nc1ccc(F)c(Cl)c1. The Balaban J connectivity index is 1.63. The third-order valence-electron chi connectivity index (χ3n) is 5.26. The largest absolute Gasteiger partial charge is 0.469 e. The molecule has 8 nitrogen and oxygen atoms in total. The van der Waals surface area contributed by atoms with Gasteiger partial charge >= 0.3 is 6.03 Å². The van der Waals surface area contributed by atoms with Crippen LogP contribution in [0.15, 0.2) is 42.9 Å². The number of carbonyl (C=O) groups excluding carboxylic acids is 1. The number of pyridine rings is 1. The Labute approximate surface area is 196 Å². The lowest BCUT2D eigenvalue weighted by molar-refractivity contribution is 0.208. The van der Waals surface area contributed by atoms with Gasteiger partial charge in [0.05, 0.1) is 11.1 Å². The number of fused-ring (bicyclic) bond motifs is 1. The minimum Gasteiger partial charge on any atom is -0.469 e. The number of H-pyrrole nitrogens is 1. The van der Waals surface area contributed by atoms with Crippen LogP contribution in [-0.4, -0.2) is 38.1 Å². The van der Waals surface area contributed by atoms with E-state index >= 15 is 0 Å². The Morgan fingerprint density at radius 3 is 2.56 bits per heavy atom. The fourth-order valence-corrected chi connectivity index (χ4v) is 3.47. The van der Waals surface area contributed by atoms with Crippen molar-refractivity contribution in [3.63, 3.8) is 0 Å². The number of anilines is 1. The Bertz CT molecular complexity index is 1350. The number of ether oxygens (including phenoxy) is 1. The molecule has 176 valence electrons. The number of urea groups is 1. The smallest absolute Gasteiger partial charge is 0.322 e. The average Bonchev–Trinajstić information content (AvgIpc) is 3.33. The van der Waals surface area contributed by atoms with E-state index in [0.29, 0.717) is 22.5 Å². The molecule has 0 spiro atoms. The zero-order valence-corrected chi connectivity index (χ0v) is 18.7. The van der Waals surface area contributed by atoms with Crippen molar-refractivity contribution in [3.05, 3.63) is 76.7 Å². The number of amides is 2. The molecular weight excluding hydrogens is 473 g/mol. The number of halogens is 4. The van der Waals surface area contributed by atoms with Crippen LogP contribution < -0.4 is 10.1 Å². The highest BCUT2D eigenvalue weighted by Crippen LogP contribution is 2.34. The van der Waals surface area contributed by atoms with Crippen LogP contribution in [0.2, 0.25) is 5.02 Å². The summed E-state index contributed by atoms with van der Waals surface area (Å²) in [6, 6.07) is 4.66. The van der Waals surface area contributed by atoms with E-state index in [1.54, 1.807) is 6.92 Å². The van der Waals surface area contributed by atoms with Crippen LogP contribution in [0.25, 0.3) is 10.8 Å². The third-order valence-corrected chi connectivity index (χ3v) is 5.55. The molecule has 34 heavy (non-hydrogen) atoms. The summed E-state index contributed by atoms with van der Waals surface area (Å²) in [5, 5.41) is 9.37. The first-order valence-electron chi connectivity index (χ1n) is 9.98. The van der Waals surface area contributed by atoms with Crippen molar-refractivity contribution in [2.24, 2.45) is 0 Å². The molecule has 0 aliphatic rings. The van der Waals surface area contributed by atoms with Gasteiger partial charge < -0.3 is 15.0 Å². The van der Waals surface area contributed by atoms with Gasteiger partial charge in [0.1, 0.15) is 18.8 Å². The number of aromatic nitrogens is 4. The average molecular weight is 491 g/mol. The second-order valence-corrected chi connectivity index (χ2v) is 7.80. The van der Waals surface area contributed by atoms with Crippen LogP contribution in [0, 0.1) is 17.5 Å². The van der Waals surface area contributed by atoms with Gasteiger partial charge in [0.25, 0.3) is 0 Å². The summed E-state index contributed by atoms with van der Waals surface area (Å²) < 4.78 is 47.2. The van der Waals surface area contributed by atoms with Gasteiger partial charge in [0.2, 0.25) is 5.88 Å². The molecule has 0 aliphatic carbocycles. The molecule has 2 amide bonds. The van der Waals surface area contributed by atoms with E-state index < -0.39 is 29.5 Å². The molecule has 4 aromatic rings. The van der Waals surface area contributed by atoms with E-state index in [1.165, 1.54) is 36.6 Å². The van der Waals surface area contributed by atoms with Crippen LogP contribution in [0.3, 0.4) is 0 Å². The highest BCUT2D eigenvalue weighted by atomic mass is 35.5. The summed E-state index contributed by atoms with van der Waals surface area (Å²) in [5.74, 6) is -2.25. The van der Waals surface area contributed by atoms with E-state index in [4.69, 9.17) is 16.3 Å². The van der Waals surface area contributed by atoms with Crippen LogP contribution >= 0.6 is 11.6 Å². The maximum absolute atomic E-state index is 14.2. The maximum Gasteiger partial charge on any atom is 0.322 e. The van der Waals surface area contributed by atoms with Crippen molar-refractivity contribution in [3.8, 4) is 5.88 Å². The molecule has 0 unspecified atom stereocenters. The number of hydrogen-bond acceptors (Lipinski definition) is 5. The van der Waals surface area contributed by atoms with Gasteiger partial charge in [-0.2, -0.15) is 5.10 Å². The summed E-state index contributed by atoms with van der Waals surface area (Å²) in [5.41, 5.74) is 0.749. The standard InChI is InChI=1S/C22H18ClF3N6O2/c1-11(32(2)22(33)30-12-3-4-17(24)16(23)5-12)15-8-27-21(34-9-20-28-10-29-31-20)14-7-19(26)18(25)6-13(14)15/h3-8,10-11H,9H2,1-2H3,(H,30,33)(H,28,29,31)/t11-/m1/s1. The summed E-state index contributed by atoms with van der Waals surface area (Å²) in [7, 11) is 1.52. The maximum atomic E-state index is 14.2. The quantitative estimate of drug-likeness (QED) is 0.386. The van der Waals surface area contributed by atoms with Crippen molar-refractivity contribution < 1.29 is 22.7 Å². The van der Waals surface area contributed by atoms with Crippen molar-refractivity contribution in [2.45, 2.75) is 19.6 Å². The molecule has 2 aromatic carbocycles. The fourth-order valence-electron chi connectivity index (χ4n) is 3.28. The van der Waals surface area contributed by atoms with E-state index in [1.807, 2.05) is 0 Å². The van der Waals surface area contributed by atoms with Gasteiger partial charge in [-0.15, -0.1) is 0 Å². The monoisotopic (exact) mass is 490 g/mol. The number of hydrogen-bond donors (Lipinski definition) is 2. The number of nitrogens with one attached hydrogen (secondary N) is 2. The van der Waals surface area contributed by atoms with Crippen LogP contribution in [0.5, 0.6) is 5.88 Å². The summed E-state index contributed by atoms with van der Waals surface area (Å²) in [6.07, 6.45) is 2.74. The second kappa shape index (κ2) is 9.56. The Kier molecular flexibility index (Phi) is 6.55. The number of rotatable bonds is 6. The zero-order chi connectivity index (χ0) is 24.4. The summed E-state index contributed by atoms with van der Waals surface area (Å²) >= 11 is 5.77. The fraction of sp³-hybridized carbons (Fsp3) is 0.182. The molecule has 0 saturated carbocycles. The topological polar surface area (TPSA) is 96.0 Å². The van der Waals surface area contributed by atoms with Crippen molar-refractivity contribution in [1.29, 1.82) is 0 Å². The molecule has 4 rings (SSSR count). The Hall–Kier alpha value is -3.86. The lowest BCUT2D eigenvalue weighted by atomic mass is 10.0. The molecule has 0 aliphatic heterocycles. The number of nitrogens with zero attached hydrogens (tertiary/aromatic N) is 4. The first kappa shape index (κ1) is 23.3. The van der Waals surface area contributed by atoms with Crippen LogP contribution in [-0.2, 0) is 6.61 Å². The first-order chi connectivity index (χ1) is 16.2. The van der Waals surface area contributed by atoms with Gasteiger partial charge in [0, 0.05) is 29.9 Å². The normalized spacial score (nSPS) is 11.9. The molecule has 0 fully saturated rings. The first-order valence-corrected chi connectivity index (χ1v) is 10.4. The molecule has 0 saturated heterocycles. The van der Waals surface area contributed by atoms with Gasteiger partial charge in [-0.1, -0.05) is 11.6 Å². The molecule has 1 atom stereocenters. The van der Waals surface area contributed by atoms with Crippen molar-refractivity contribution >= 4 is 34.1 Å². The van der Waals surface area contributed by atoms with Gasteiger partial charge in [0.15, 0.2) is 17.5 Å². The van der Waals surface area contributed by atoms with E-state index in [2.05, 4.69) is 25.5 Å². The predicted octanol–water partition coefficient (Wildman–Crippen LogP) is 5.23. The molecule has 0 radical (unpaired) electrons. The van der Waals surface area contributed by atoms with Gasteiger partial charge in [-0.05, 0) is 42.6 Å². The number of carbonyl (C=O) groups is 1.